The van der Waals surface area contributed by atoms with Crippen LogP contribution < -0.4 is 11.1 Å². The maximum atomic E-state index is 11.1. The van der Waals surface area contributed by atoms with Crippen LogP contribution in [0.15, 0.2) is 0 Å². The van der Waals surface area contributed by atoms with E-state index in [1.807, 2.05) is 20.8 Å². The van der Waals surface area contributed by atoms with E-state index >= 15 is 0 Å². The number of nitrogens with two attached hydrogens (primary N) is 1. The maximum Gasteiger partial charge on any atom is 0.333 e. The molecule has 0 aliphatic heterocycles. The van der Waals surface area contributed by atoms with Crippen molar-refractivity contribution in [2.24, 2.45) is 18.7 Å². The van der Waals surface area contributed by atoms with Gasteiger partial charge in [0, 0.05) is 13.6 Å². The molecule has 7 heteroatoms. The molecular formula is C11H21N5O2. The number of rotatable bonds is 5. The van der Waals surface area contributed by atoms with Gasteiger partial charge in [0.15, 0.2) is 0 Å². The molecule has 1 unspecified atom stereocenters. The number of nitrogens with zero attached hydrogens (tertiary/aromatic N) is 3. The van der Waals surface area contributed by atoms with E-state index in [0.29, 0.717) is 18.1 Å². The third-order valence-electron chi connectivity index (χ3n) is 3.48. The number of nitrogens with one attached hydrogen (secondary N) is 1. The van der Waals surface area contributed by atoms with Gasteiger partial charge in [-0.1, -0.05) is 13.8 Å². The highest BCUT2D eigenvalue weighted by molar-refractivity contribution is 5.60. The Balaban J connectivity index is 3.22. The molecule has 1 aromatic heterocycles. The zero-order chi connectivity index (χ0) is 14.1. The fourth-order valence-electron chi connectivity index (χ4n) is 1.71. The van der Waals surface area contributed by atoms with Gasteiger partial charge in [-0.2, -0.15) is 5.10 Å². The predicted molar refractivity (Wildman–Crippen MR) is 70.5 cm³/mol. The molecule has 0 aliphatic carbocycles. The van der Waals surface area contributed by atoms with Crippen molar-refractivity contribution in [2.75, 3.05) is 11.9 Å². The van der Waals surface area contributed by atoms with Crippen molar-refractivity contribution >= 4 is 11.5 Å². The molecule has 7 nitrogen and oxygen atoms in total. The molecule has 18 heavy (non-hydrogen) atoms. The zero-order valence-corrected chi connectivity index (χ0v) is 11.5. The van der Waals surface area contributed by atoms with Crippen LogP contribution in [0.2, 0.25) is 0 Å². The molecule has 1 atom stereocenters. The topological polar surface area (TPSA) is 99.0 Å². The van der Waals surface area contributed by atoms with E-state index in [4.69, 9.17) is 5.73 Å². The number of aromatic nitrogens is 2. The average Bonchev–Trinajstić information content (AvgIpc) is 2.53. The Bertz CT molecular complexity index is 455. The molecule has 0 amide bonds. The summed E-state index contributed by atoms with van der Waals surface area (Å²) in [5.74, 6) is 0.636. The highest BCUT2D eigenvalue weighted by Gasteiger charge is 2.32. The number of anilines is 1. The Kier molecular flexibility index (Phi) is 3.95. The van der Waals surface area contributed by atoms with E-state index in [0.717, 1.165) is 0 Å². The van der Waals surface area contributed by atoms with E-state index in [9.17, 15) is 10.1 Å². The van der Waals surface area contributed by atoms with Crippen molar-refractivity contribution in [1.29, 1.82) is 0 Å². The van der Waals surface area contributed by atoms with Crippen LogP contribution in [-0.2, 0) is 7.05 Å². The van der Waals surface area contributed by atoms with Crippen LogP contribution in [-0.4, -0.2) is 26.8 Å². The third-order valence-corrected chi connectivity index (χ3v) is 3.48. The minimum absolute atomic E-state index is 0.0119. The second-order valence-electron chi connectivity index (χ2n) is 5.06. The average molecular weight is 255 g/mol. The molecule has 0 saturated carbocycles. The Morgan fingerprint density at radius 1 is 1.61 bits per heavy atom. The third kappa shape index (κ3) is 2.45. The molecule has 3 N–H and O–H groups in total. The van der Waals surface area contributed by atoms with E-state index in [1.165, 1.54) is 4.68 Å². The summed E-state index contributed by atoms with van der Waals surface area (Å²) in [6.45, 7) is 8.00. The van der Waals surface area contributed by atoms with Gasteiger partial charge < -0.3 is 11.1 Å². The summed E-state index contributed by atoms with van der Waals surface area (Å²) in [5.41, 5.74) is 5.77. The van der Waals surface area contributed by atoms with Crippen LogP contribution in [0.5, 0.6) is 0 Å². The molecule has 1 rings (SSSR count). The molecule has 0 aromatic carbocycles. The summed E-state index contributed by atoms with van der Waals surface area (Å²) in [7, 11) is 1.68. The lowest BCUT2D eigenvalue weighted by molar-refractivity contribution is -0.384. The predicted octanol–water partition coefficient (Wildman–Crippen LogP) is 1.42. The number of nitro groups is 1. The zero-order valence-electron chi connectivity index (χ0n) is 11.5. The van der Waals surface area contributed by atoms with Crippen molar-refractivity contribution in [1.82, 2.24) is 9.78 Å². The highest BCUT2D eigenvalue weighted by Crippen LogP contribution is 2.31. The number of aryl methyl sites for hydroxylation is 2. The molecule has 1 aromatic rings. The van der Waals surface area contributed by atoms with Crippen molar-refractivity contribution in [3.05, 3.63) is 15.8 Å². The van der Waals surface area contributed by atoms with Gasteiger partial charge in [0.25, 0.3) is 0 Å². The van der Waals surface area contributed by atoms with E-state index in [-0.39, 0.29) is 11.6 Å². The lowest BCUT2D eigenvalue weighted by Gasteiger charge is -2.34. The van der Waals surface area contributed by atoms with E-state index in [1.54, 1.807) is 14.0 Å². The second kappa shape index (κ2) is 4.93. The van der Waals surface area contributed by atoms with Gasteiger partial charge in [-0.25, -0.2) is 4.68 Å². The molecular weight excluding hydrogens is 234 g/mol. The first-order chi connectivity index (χ1) is 8.23. The van der Waals surface area contributed by atoms with E-state index in [2.05, 4.69) is 10.4 Å². The standard InChI is InChI=1S/C11H21N5O2/c1-7(2)11(4,6-12)13-10-9(16(17)18)8(3)14-15(10)5/h7,13H,6,12H2,1-5H3. The van der Waals surface area contributed by atoms with Crippen LogP contribution in [0.25, 0.3) is 0 Å². The molecule has 0 aliphatic rings. The van der Waals surface area contributed by atoms with Crippen LogP contribution >= 0.6 is 0 Å². The van der Waals surface area contributed by atoms with Crippen molar-refractivity contribution in [3.8, 4) is 0 Å². The van der Waals surface area contributed by atoms with Crippen LogP contribution in [0, 0.1) is 23.0 Å². The first-order valence-electron chi connectivity index (χ1n) is 5.89. The SMILES string of the molecule is Cc1nn(C)c(NC(C)(CN)C(C)C)c1[N+](=O)[O-]. The fourth-order valence-corrected chi connectivity index (χ4v) is 1.71. The van der Waals surface area contributed by atoms with Crippen LogP contribution in [0.3, 0.4) is 0 Å². The molecule has 0 bridgehead atoms. The lowest BCUT2D eigenvalue weighted by atomic mass is 9.88. The van der Waals surface area contributed by atoms with Crippen molar-refractivity contribution in [2.45, 2.75) is 33.2 Å². The second-order valence-corrected chi connectivity index (χ2v) is 5.06. The first kappa shape index (κ1) is 14.4. The molecule has 0 saturated heterocycles. The van der Waals surface area contributed by atoms with Crippen molar-refractivity contribution < 1.29 is 4.92 Å². The van der Waals surface area contributed by atoms with Gasteiger partial charge in [-0.3, -0.25) is 10.1 Å². The molecule has 0 spiro atoms. The minimum Gasteiger partial charge on any atom is -0.358 e. The summed E-state index contributed by atoms with van der Waals surface area (Å²) in [6.07, 6.45) is 0. The molecule has 1 heterocycles. The number of hydrogen-bond acceptors (Lipinski definition) is 5. The van der Waals surface area contributed by atoms with Crippen LogP contribution in [0.4, 0.5) is 11.5 Å². The summed E-state index contributed by atoms with van der Waals surface area (Å²) in [4.78, 5) is 10.7. The summed E-state index contributed by atoms with van der Waals surface area (Å²) < 4.78 is 1.49. The van der Waals surface area contributed by atoms with Crippen LogP contribution in [0.1, 0.15) is 26.5 Å². The maximum absolute atomic E-state index is 11.1. The van der Waals surface area contributed by atoms with Crippen molar-refractivity contribution in [3.63, 3.8) is 0 Å². The Morgan fingerprint density at radius 3 is 2.56 bits per heavy atom. The van der Waals surface area contributed by atoms with Gasteiger partial charge in [-0.15, -0.1) is 0 Å². The minimum atomic E-state index is -0.415. The smallest absolute Gasteiger partial charge is 0.333 e. The fraction of sp³-hybridized carbons (Fsp3) is 0.727. The lowest BCUT2D eigenvalue weighted by Crippen LogP contribution is -2.47. The molecule has 0 radical (unpaired) electrons. The van der Waals surface area contributed by atoms with Gasteiger partial charge >= 0.3 is 5.69 Å². The summed E-state index contributed by atoms with van der Waals surface area (Å²) in [5, 5.41) is 18.3. The van der Waals surface area contributed by atoms with Gasteiger partial charge in [0.05, 0.1) is 10.5 Å². The quantitative estimate of drug-likeness (QED) is 0.612. The van der Waals surface area contributed by atoms with Gasteiger partial charge in [0.1, 0.15) is 5.69 Å². The Hall–Kier alpha value is -1.63. The highest BCUT2D eigenvalue weighted by atomic mass is 16.6. The largest absolute Gasteiger partial charge is 0.358 e. The normalized spacial score (nSPS) is 14.6. The Labute approximate surface area is 107 Å². The van der Waals surface area contributed by atoms with Gasteiger partial charge in [0.2, 0.25) is 5.82 Å². The number of hydrogen-bond donors (Lipinski definition) is 2. The summed E-state index contributed by atoms with van der Waals surface area (Å²) in [6, 6.07) is 0. The Morgan fingerprint density at radius 2 is 2.17 bits per heavy atom. The summed E-state index contributed by atoms with van der Waals surface area (Å²) >= 11 is 0. The molecule has 0 fully saturated rings. The van der Waals surface area contributed by atoms with Gasteiger partial charge in [-0.05, 0) is 19.8 Å². The molecule has 102 valence electrons. The first-order valence-corrected chi connectivity index (χ1v) is 5.89. The monoisotopic (exact) mass is 255 g/mol. The van der Waals surface area contributed by atoms with E-state index < -0.39 is 10.5 Å².